The van der Waals surface area contributed by atoms with Crippen LogP contribution in [0.1, 0.15) is 12.0 Å². The van der Waals surface area contributed by atoms with E-state index in [-0.39, 0.29) is 0 Å². The van der Waals surface area contributed by atoms with E-state index < -0.39 is 0 Å². The second kappa shape index (κ2) is 3.46. The van der Waals surface area contributed by atoms with Gasteiger partial charge in [0.2, 0.25) is 0 Å². The average Bonchev–Trinajstić information content (AvgIpc) is 2.70. The highest BCUT2D eigenvalue weighted by Gasteiger charge is 2.14. The standard InChI is InChI=1S/C10H11N3/c11-8-9-4-1-2-5-10(9)13-7-3-6-12-13/h1-2,4-5,12H,3,6-7H2. The van der Waals surface area contributed by atoms with Crippen molar-refractivity contribution in [2.75, 3.05) is 18.1 Å². The Hall–Kier alpha value is -1.53. The molecule has 0 aliphatic carbocycles. The molecule has 2 rings (SSSR count). The minimum Gasteiger partial charge on any atom is -0.307 e. The maximum absolute atomic E-state index is 8.87. The van der Waals surface area contributed by atoms with Gasteiger partial charge in [0.25, 0.3) is 0 Å². The fraction of sp³-hybridized carbons (Fsp3) is 0.300. The van der Waals surface area contributed by atoms with Crippen LogP contribution in [0, 0.1) is 11.3 Å². The van der Waals surface area contributed by atoms with Crippen LogP contribution in [0.3, 0.4) is 0 Å². The number of hydrogen-bond acceptors (Lipinski definition) is 3. The van der Waals surface area contributed by atoms with Crippen molar-refractivity contribution in [1.29, 1.82) is 5.26 Å². The predicted molar refractivity (Wildman–Crippen MR) is 51.1 cm³/mol. The molecule has 3 nitrogen and oxygen atoms in total. The maximum Gasteiger partial charge on any atom is 0.101 e. The Balaban J connectivity index is 2.33. The number of para-hydroxylation sites is 1. The molecule has 0 saturated carbocycles. The van der Waals surface area contributed by atoms with Gasteiger partial charge in [-0.05, 0) is 18.6 Å². The van der Waals surface area contributed by atoms with Crippen molar-refractivity contribution in [3.63, 3.8) is 0 Å². The van der Waals surface area contributed by atoms with Crippen LogP contribution >= 0.6 is 0 Å². The van der Waals surface area contributed by atoms with Gasteiger partial charge in [0.15, 0.2) is 0 Å². The van der Waals surface area contributed by atoms with Gasteiger partial charge in [-0.15, -0.1) is 0 Å². The number of nitrogens with zero attached hydrogens (tertiary/aromatic N) is 2. The third-order valence-corrected chi connectivity index (χ3v) is 2.18. The van der Waals surface area contributed by atoms with Crippen molar-refractivity contribution in [2.45, 2.75) is 6.42 Å². The highest BCUT2D eigenvalue weighted by atomic mass is 15.5. The number of benzene rings is 1. The van der Waals surface area contributed by atoms with E-state index in [1.807, 2.05) is 29.3 Å². The van der Waals surface area contributed by atoms with E-state index in [0.717, 1.165) is 30.8 Å². The molecule has 0 atom stereocenters. The fourth-order valence-corrected chi connectivity index (χ4v) is 1.54. The highest BCUT2D eigenvalue weighted by molar-refractivity contribution is 5.58. The lowest BCUT2D eigenvalue weighted by atomic mass is 10.2. The Bertz CT molecular complexity index is 334. The minimum absolute atomic E-state index is 0.733. The second-order valence-corrected chi connectivity index (χ2v) is 3.04. The molecule has 0 unspecified atom stereocenters. The van der Waals surface area contributed by atoms with E-state index in [4.69, 9.17) is 5.26 Å². The van der Waals surface area contributed by atoms with Crippen molar-refractivity contribution in [1.82, 2.24) is 5.43 Å². The van der Waals surface area contributed by atoms with Gasteiger partial charge in [-0.1, -0.05) is 12.1 Å². The van der Waals surface area contributed by atoms with E-state index in [1.165, 1.54) is 0 Å². The Morgan fingerprint density at radius 2 is 2.23 bits per heavy atom. The van der Waals surface area contributed by atoms with Crippen molar-refractivity contribution in [2.24, 2.45) is 0 Å². The summed E-state index contributed by atoms with van der Waals surface area (Å²) in [4.78, 5) is 0. The van der Waals surface area contributed by atoms with E-state index >= 15 is 0 Å². The summed E-state index contributed by atoms with van der Waals surface area (Å²) < 4.78 is 0. The third-order valence-electron chi connectivity index (χ3n) is 2.18. The van der Waals surface area contributed by atoms with E-state index in [9.17, 15) is 0 Å². The lowest BCUT2D eigenvalue weighted by molar-refractivity contribution is 0.786. The van der Waals surface area contributed by atoms with Crippen LogP contribution in [0.15, 0.2) is 24.3 Å². The molecule has 66 valence electrons. The summed E-state index contributed by atoms with van der Waals surface area (Å²) in [5.41, 5.74) is 4.95. The minimum atomic E-state index is 0.733. The van der Waals surface area contributed by atoms with Crippen molar-refractivity contribution in [3.05, 3.63) is 29.8 Å². The number of nitriles is 1. The monoisotopic (exact) mass is 173 g/mol. The number of hydrogen-bond donors (Lipinski definition) is 1. The van der Waals surface area contributed by atoms with Gasteiger partial charge in [0.05, 0.1) is 11.3 Å². The molecule has 1 heterocycles. The zero-order valence-corrected chi connectivity index (χ0v) is 7.33. The molecule has 1 N–H and O–H groups in total. The number of anilines is 1. The van der Waals surface area contributed by atoms with Crippen LogP contribution in [-0.4, -0.2) is 13.1 Å². The number of rotatable bonds is 1. The summed E-state index contributed by atoms with van der Waals surface area (Å²) in [7, 11) is 0. The topological polar surface area (TPSA) is 39.1 Å². The lowest BCUT2D eigenvalue weighted by Crippen LogP contribution is -2.30. The van der Waals surface area contributed by atoms with Gasteiger partial charge in [-0.25, -0.2) is 5.43 Å². The first-order valence-corrected chi connectivity index (χ1v) is 4.42. The van der Waals surface area contributed by atoms with Crippen LogP contribution in [0.4, 0.5) is 5.69 Å². The zero-order chi connectivity index (χ0) is 9.10. The van der Waals surface area contributed by atoms with Crippen LogP contribution in [0.5, 0.6) is 0 Å². The van der Waals surface area contributed by atoms with Gasteiger partial charge in [0, 0.05) is 13.1 Å². The largest absolute Gasteiger partial charge is 0.307 e. The molecule has 13 heavy (non-hydrogen) atoms. The molecular formula is C10H11N3. The van der Waals surface area contributed by atoms with E-state index in [1.54, 1.807) is 0 Å². The Morgan fingerprint density at radius 3 is 2.92 bits per heavy atom. The molecule has 3 heteroatoms. The first-order chi connectivity index (χ1) is 6.42. The summed E-state index contributed by atoms with van der Waals surface area (Å²) >= 11 is 0. The summed E-state index contributed by atoms with van der Waals surface area (Å²) in [5, 5.41) is 10.9. The Kier molecular flexibility index (Phi) is 2.15. The van der Waals surface area contributed by atoms with Crippen molar-refractivity contribution >= 4 is 5.69 Å². The number of nitrogens with one attached hydrogen (secondary N) is 1. The van der Waals surface area contributed by atoms with Gasteiger partial charge in [0.1, 0.15) is 6.07 Å². The first-order valence-electron chi connectivity index (χ1n) is 4.42. The third kappa shape index (κ3) is 1.49. The molecule has 0 radical (unpaired) electrons. The van der Waals surface area contributed by atoms with Gasteiger partial charge >= 0.3 is 0 Å². The van der Waals surface area contributed by atoms with Crippen LogP contribution in [-0.2, 0) is 0 Å². The highest BCUT2D eigenvalue weighted by Crippen LogP contribution is 2.19. The fourth-order valence-electron chi connectivity index (χ4n) is 1.54. The van der Waals surface area contributed by atoms with Crippen molar-refractivity contribution < 1.29 is 0 Å². The summed E-state index contributed by atoms with van der Waals surface area (Å²) in [6.45, 7) is 1.98. The quantitative estimate of drug-likeness (QED) is 0.695. The molecule has 0 amide bonds. The smallest absolute Gasteiger partial charge is 0.101 e. The molecule has 1 aliphatic rings. The molecular weight excluding hydrogens is 162 g/mol. The maximum atomic E-state index is 8.87. The molecule has 0 aromatic heterocycles. The molecule has 1 aliphatic heterocycles. The molecule has 1 fully saturated rings. The molecule has 0 bridgehead atoms. The predicted octanol–water partition coefficient (Wildman–Crippen LogP) is 1.27. The molecule has 0 spiro atoms. The van der Waals surface area contributed by atoms with Crippen LogP contribution < -0.4 is 10.4 Å². The van der Waals surface area contributed by atoms with E-state index in [0.29, 0.717) is 0 Å². The zero-order valence-electron chi connectivity index (χ0n) is 7.33. The molecule has 1 aromatic rings. The lowest BCUT2D eigenvalue weighted by Gasteiger charge is -2.18. The second-order valence-electron chi connectivity index (χ2n) is 3.04. The summed E-state index contributed by atoms with van der Waals surface area (Å²) in [6, 6.07) is 9.84. The summed E-state index contributed by atoms with van der Waals surface area (Å²) in [6.07, 6.45) is 1.14. The van der Waals surface area contributed by atoms with Crippen LogP contribution in [0.2, 0.25) is 0 Å². The Labute approximate surface area is 77.6 Å². The number of hydrazine groups is 1. The first kappa shape index (κ1) is 8.09. The average molecular weight is 173 g/mol. The molecule has 1 aromatic carbocycles. The van der Waals surface area contributed by atoms with Gasteiger partial charge in [-0.3, -0.25) is 0 Å². The van der Waals surface area contributed by atoms with Crippen LogP contribution in [0.25, 0.3) is 0 Å². The van der Waals surface area contributed by atoms with E-state index in [2.05, 4.69) is 11.5 Å². The Morgan fingerprint density at radius 1 is 1.38 bits per heavy atom. The molecule has 1 saturated heterocycles. The normalized spacial score (nSPS) is 15.8. The van der Waals surface area contributed by atoms with Gasteiger partial charge in [-0.2, -0.15) is 5.26 Å². The van der Waals surface area contributed by atoms with Crippen molar-refractivity contribution in [3.8, 4) is 6.07 Å². The van der Waals surface area contributed by atoms with Gasteiger partial charge < -0.3 is 5.01 Å². The summed E-state index contributed by atoms with van der Waals surface area (Å²) in [5.74, 6) is 0. The SMILES string of the molecule is N#Cc1ccccc1N1CCCN1.